The minimum atomic E-state index is -0.372. The van der Waals surface area contributed by atoms with Crippen molar-refractivity contribution in [3.8, 4) is 33.6 Å². The van der Waals surface area contributed by atoms with Crippen LogP contribution in [0.5, 0.6) is 0 Å². The number of fused-ring (bicyclic) bond motifs is 4. The molecule has 2 unspecified atom stereocenters. The van der Waals surface area contributed by atoms with Crippen molar-refractivity contribution < 1.29 is 4.79 Å². The highest BCUT2D eigenvalue weighted by atomic mass is 35.5. The molecule has 0 spiro atoms. The van der Waals surface area contributed by atoms with Gasteiger partial charge in [0.1, 0.15) is 0 Å². The van der Waals surface area contributed by atoms with Crippen molar-refractivity contribution in [2.24, 2.45) is 18.9 Å². The van der Waals surface area contributed by atoms with Crippen LogP contribution in [-0.4, -0.2) is 40.0 Å². The molecule has 0 aliphatic carbocycles. The predicted molar refractivity (Wildman–Crippen MR) is 171 cm³/mol. The van der Waals surface area contributed by atoms with Crippen molar-refractivity contribution in [2.75, 3.05) is 5.32 Å². The molecule has 1 aliphatic rings. The molecule has 2 atom stereocenters. The van der Waals surface area contributed by atoms with E-state index in [1.165, 1.54) is 0 Å². The lowest BCUT2D eigenvalue weighted by atomic mass is 9.96. The molecule has 5 aromatic rings. The molecule has 0 saturated heterocycles. The molecule has 11 heteroatoms. The summed E-state index contributed by atoms with van der Waals surface area (Å²) in [5, 5.41) is 12.5. The van der Waals surface area contributed by atoms with Gasteiger partial charge in [-0.1, -0.05) is 44.9 Å². The van der Waals surface area contributed by atoms with Crippen molar-refractivity contribution in [1.29, 1.82) is 0 Å². The summed E-state index contributed by atoms with van der Waals surface area (Å²) in [4.78, 5) is 36.3. The van der Waals surface area contributed by atoms with Gasteiger partial charge in [0.2, 0.25) is 5.91 Å². The van der Waals surface area contributed by atoms with Crippen molar-refractivity contribution in [3.63, 3.8) is 0 Å². The van der Waals surface area contributed by atoms with E-state index in [0.29, 0.717) is 35.2 Å². The lowest BCUT2D eigenvalue weighted by molar-refractivity contribution is -0.119. The lowest BCUT2D eigenvalue weighted by Gasteiger charge is -2.22. The molecule has 1 aromatic carbocycles. The van der Waals surface area contributed by atoms with Crippen LogP contribution in [0.25, 0.3) is 33.6 Å². The molecule has 0 fully saturated rings. The maximum absolute atomic E-state index is 13.8. The Morgan fingerprint density at radius 3 is 2.64 bits per heavy atom. The number of aromatic nitrogens is 7. The smallest absolute Gasteiger partial charge is 0.254 e. The van der Waals surface area contributed by atoms with E-state index in [1.54, 1.807) is 34.0 Å². The Hall–Kier alpha value is -4.57. The number of halogens is 1. The predicted octanol–water partition coefficient (Wildman–Crippen LogP) is 6.23. The number of rotatable bonds is 5. The topological polar surface area (TPSA) is 113 Å². The van der Waals surface area contributed by atoms with Gasteiger partial charge in [-0.25, -0.2) is 4.98 Å². The van der Waals surface area contributed by atoms with E-state index in [1.807, 2.05) is 61.4 Å². The molecule has 2 bridgehead atoms. The van der Waals surface area contributed by atoms with Crippen LogP contribution in [0.1, 0.15) is 51.8 Å². The number of pyridine rings is 1. The summed E-state index contributed by atoms with van der Waals surface area (Å²) in [5.74, 6) is 0.193. The second-order valence-electron chi connectivity index (χ2n) is 11.9. The van der Waals surface area contributed by atoms with Crippen LogP contribution in [0, 0.1) is 11.8 Å². The van der Waals surface area contributed by atoms with Crippen LogP contribution >= 0.6 is 11.6 Å². The first-order valence-electron chi connectivity index (χ1n) is 14.9. The summed E-state index contributed by atoms with van der Waals surface area (Å²) < 4.78 is 5.30. The number of amides is 1. The molecule has 1 amide bonds. The van der Waals surface area contributed by atoms with Crippen LogP contribution in [0.3, 0.4) is 0 Å². The number of benzene rings is 1. The zero-order valence-electron chi connectivity index (χ0n) is 25.2. The Balaban J connectivity index is 1.40. The summed E-state index contributed by atoms with van der Waals surface area (Å²) in [5.41, 5.74) is 5.93. The Morgan fingerprint density at radius 1 is 1.00 bits per heavy atom. The van der Waals surface area contributed by atoms with Gasteiger partial charge in [-0.05, 0) is 48.6 Å². The van der Waals surface area contributed by atoms with Crippen molar-refractivity contribution in [3.05, 3.63) is 88.6 Å². The average molecular weight is 611 g/mol. The van der Waals surface area contributed by atoms with E-state index in [2.05, 4.69) is 29.4 Å². The fourth-order valence-corrected chi connectivity index (χ4v) is 6.00. The van der Waals surface area contributed by atoms with E-state index in [9.17, 15) is 9.59 Å². The van der Waals surface area contributed by atoms with E-state index >= 15 is 0 Å². The lowest BCUT2D eigenvalue weighted by Crippen LogP contribution is -2.27. The number of hydrogen-bond acceptors (Lipinski definition) is 6. The summed E-state index contributed by atoms with van der Waals surface area (Å²) in [6, 6.07) is 10.6. The number of carbonyl (C=O) groups excluding carboxylic acids is 1. The van der Waals surface area contributed by atoms with Crippen molar-refractivity contribution >= 4 is 23.2 Å². The highest BCUT2D eigenvalue weighted by Crippen LogP contribution is 2.35. The van der Waals surface area contributed by atoms with Crippen molar-refractivity contribution in [1.82, 2.24) is 34.1 Å². The van der Waals surface area contributed by atoms with Crippen LogP contribution in [0.4, 0.5) is 5.69 Å². The highest BCUT2D eigenvalue weighted by Gasteiger charge is 2.24. The first-order valence-corrected chi connectivity index (χ1v) is 15.3. The third-order valence-corrected chi connectivity index (χ3v) is 8.32. The number of anilines is 1. The number of aryl methyl sites for hydroxylation is 1. The van der Waals surface area contributed by atoms with Gasteiger partial charge in [0.15, 0.2) is 0 Å². The largest absolute Gasteiger partial charge is 0.323 e. The maximum Gasteiger partial charge on any atom is 0.254 e. The molecule has 1 N–H and O–H groups in total. The molecule has 10 nitrogen and oxygen atoms in total. The van der Waals surface area contributed by atoms with Gasteiger partial charge in [0.25, 0.3) is 5.56 Å². The first-order chi connectivity index (χ1) is 21.2. The highest BCUT2D eigenvalue weighted by molar-refractivity contribution is 6.31. The Bertz CT molecular complexity index is 1890. The summed E-state index contributed by atoms with van der Waals surface area (Å²) >= 11 is 6.43. The van der Waals surface area contributed by atoms with Gasteiger partial charge in [-0.15, -0.1) is 0 Å². The van der Waals surface area contributed by atoms with Gasteiger partial charge in [-0.2, -0.15) is 10.2 Å². The second-order valence-corrected chi connectivity index (χ2v) is 12.3. The fraction of sp³-hybridized carbons (Fsp3) is 0.333. The van der Waals surface area contributed by atoms with E-state index in [4.69, 9.17) is 21.6 Å². The average Bonchev–Trinajstić information content (AvgIpc) is 3.60. The van der Waals surface area contributed by atoms with Gasteiger partial charge in [-0.3, -0.25) is 28.5 Å². The van der Waals surface area contributed by atoms with Crippen LogP contribution < -0.4 is 10.9 Å². The second kappa shape index (κ2) is 12.2. The van der Waals surface area contributed by atoms with Crippen molar-refractivity contribution in [2.45, 2.75) is 52.6 Å². The third kappa shape index (κ3) is 5.94. The monoisotopic (exact) mass is 610 g/mol. The summed E-state index contributed by atoms with van der Waals surface area (Å²) in [7, 11) is 1.84. The normalized spacial score (nSPS) is 17.1. The molecule has 44 heavy (non-hydrogen) atoms. The molecule has 4 aromatic heterocycles. The zero-order valence-corrected chi connectivity index (χ0v) is 26.0. The zero-order chi connectivity index (χ0) is 31.0. The van der Waals surface area contributed by atoms with E-state index in [0.717, 1.165) is 46.6 Å². The Labute approximate surface area is 260 Å². The fourth-order valence-electron chi connectivity index (χ4n) is 5.83. The minimum Gasteiger partial charge on any atom is -0.323 e. The van der Waals surface area contributed by atoms with Gasteiger partial charge in [0, 0.05) is 59.7 Å². The number of hydrogen-bond donors (Lipinski definition) is 1. The molecular formula is C33H35ClN8O2. The SMILES string of the molecule is CC(C)Cn1cc(-c2ccc(Cl)cc2-c2cc(=O)n(C3CCCC(C)C(=O)Nc4cnn(C)c4-c4ccnc3c4)cn2)cn1. The van der Waals surface area contributed by atoms with Crippen LogP contribution in [0.2, 0.25) is 5.02 Å². The quantitative estimate of drug-likeness (QED) is 0.253. The van der Waals surface area contributed by atoms with Crippen LogP contribution in [-0.2, 0) is 18.4 Å². The Kier molecular flexibility index (Phi) is 8.18. The molecule has 226 valence electrons. The minimum absolute atomic E-state index is 0.0547. The number of nitrogens with one attached hydrogen (secondary N) is 1. The molecule has 5 heterocycles. The van der Waals surface area contributed by atoms with Gasteiger partial charge < -0.3 is 5.32 Å². The summed E-state index contributed by atoms with van der Waals surface area (Å²) in [6.45, 7) is 7.02. The van der Waals surface area contributed by atoms with Crippen LogP contribution in [0.15, 0.2) is 72.3 Å². The molecule has 6 rings (SSSR count). The molecule has 0 saturated carbocycles. The maximum atomic E-state index is 13.8. The van der Waals surface area contributed by atoms with E-state index < -0.39 is 0 Å². The molecule has 0 radical (unpaired) electrons. The van der Waals surface area contributed by atoms with E-state index in [-0.39, 0.29) is 23.4 Å². The standard InChI is InChI=1S/C33H35ClN8O2/c1-20(2)17-41-18-23(15-38-41)25-9-8-24(34)13-26(25)27-14-31(43)42(19-36-27)30-7-5-6-21(3)33(44)39-29-16-37-40(4)32(29)22-10-11-35-28(30)12-22/h8-16,18-21,30H,5-7,17H2,1-4H3,(H,39,44). The number of carbonyl (C=O) groups is 1. The van der Waals surface area contributed by atoms with Gasteiger partial charge >= 0.3 is 0 Å². The first kappa shape index (κ1) is 29.5. The molecular weight excluding hydrogens is 576 g/mol. The Morgan fingerprint density at radius 2 is 1.84 bits per heavy atom. The van der Waals surface area contributed by atoms with Gasteiger partial charge in [0.05, 0.1) is 47.5 Å². The molecule has 1 aliphatic heterocycles. The third-order valence-electron chi connectivity index (χ3n) is 8.08. The number of nitrogens with zero attached hydrogens (tertiary/aromatic N) is 7. The summed E-state index contributed by atoms with van der Waals surface area (Å²) in [6.07, 6.45) is 10.8.